The molecule has 4 aromatic rings. The van der Waals surface area contributed by atoms with Crippen LogP contribution >= 0.6 is 22.9 Å². The molecule has 0 saturated heterocycles. The molecule has 1 N–H and O–H groups in total. The molecule has 0 spiro atoms. The molecule has 0 radical (unpaired) electrons. The highest BCUT2D eigenvalue weighted by Gasteiger charge is 2.17. The summed E-state index contributed by atoms with van der Waals surface area (Å²) in [7, 11) is 0. The number of nitrogens with one attached hydrogen (secondary N) is 1. The number of para-hydroxylation sites is 1. The average Bonchev–Trinajstić information content (AvgIpc) is 3.25. The molecule has 3 aromatic carbocycles. The number of benzene rings is 3. The largest absolute Gasteiger partial charge is 0.494 e. The zero-order valence-corrected chi connectivity index (χ0v) is 23.1. The van der Waals surface area contributed by atoms with Crippen LogP contribution in [0.2, 0.25) is 5.02 Å². The fraction of sp³-hybridized carbons (Fsp3) is 0.194. The Morgan fingerprint density at radius 3 is 2.51 bits per heavy atom. The fourth-order valence-electron chi connectivity index (χ4n) is 3.95. The fourth-order valence-corrected chi connectivity index (χ4v) is 5.24. The Bertz CT molecular complexity index is 1650. The number of carbonyl (C=O) groups excluding carboxylic acids is 1. The molecule has 1 aromatic heterocycles. The first kappa shape index (κ1) is 27.9. The van der Waals surface area contributed by atoms with Gasteiger partial charge in [-0.3, -0.25) is 14.2 Å². The van der Waals surface area contributed by atoms with E-state index in [1.165, 1.54) is 17.4 Å². The van der Waals surface area contributed by atoms with Gasteiger partial charge in [0.1, 0.15) is 16.5 Å². The number of hydrogen-bond acceptors (Lipinski definition) is 5. The second kappa shape index (κ2) is 13.6. The molecule has 1 amide bonds. The lowest BCUT2D eigenvalue weighted by Gasteiger charge is -2.06. The Kier molecular flexibility index (Phi) is 9.74. The Morgan fingerprint density at radius 2 is 1.82 bits per heavy atom. The summed E-state index contributed by atoms with van der Waals surface area (Å²) in [6.07, 6.45) is 6.30. The number of thiazole rings is 1. The third-order valence-corrected chi connectivity index (χ3v) is 7.25. The van der Waals surface area contributed by atoms with Gasteiger partial charge in [-0.25, -0.2) is 0 Å². The smallest absolute Gasteiger partial charge is 0.273 e. The second-order valence-electron chi connectivity index (χ2n) is 8.82. The van der Waals surface area contributed by atoms with Gasteiger partial charge in [0, 0.05) is 10.7 Å². The van der Waals surface area contributed by atoms with E-state index >= 15 is 0 Å². The van der Waals surface area contributed by atoms with Crippen molar-refractivity contribution < 1.29 is 9.53 Å². The van der Waals surface area contributed by atoms with Gasteiger partial charge < -0.3 is 10.1 Å². The normalized spacial score (nSPS) is 12.1. The van der Waals surface area contributed by atoms with E-state index in [1.807, 2.05) is 36.4 Å². The molecule has 6 nitrogen and oxygen atoms in total. The summed E-state index contributed by atoms with van der Waals surface area (Å²) in [4.78, 5) is 26.7. The molecular formula is C31H28ClN3O3S. The number of hydrogen-bond donors (Lipinski definition) is 1. The zero-order chi connectivity index (χ0) is 27.6. The van der Waals surface area contributed by atoms with Crippen LogP contribution in [0.1, 0.15) is 38.2 Å². The highest BCUT2D eigenvalue weighted by Crippen LogP contribution is 2.16. The van der Waals surface area contributed by atoms with Gasteiger partial charge in [-0.05, 0) is 60.5 Å². The highest BCUT2D eigenvalue weighted by atomic mass is 35.5. The number of rotatable bonds is 10. The van der Waals surface area contributed by atoms with E-state index in [-0.39, 0.29) is 15.8 Å². The van der Waals surface area contributed by atoms with Gasteiger partial charge in [-0.1, -0.05) is 74.2 Å². The van der Waals surface area contributed by atoms with E-state index in [2.05, 4.69) is 12.2 Å². The van der Waals surface area contributed by atoms with E-state index in [0.717, 1.165) is 35.5 Å². The Balaban J connectivity index is 1.73. The molecule has 39 heavy (non-hydrogen) atoms. The van der Waals surface area contributed by atoms with Crippen molar-refractivity contribution in [1.82, 2.24) is 4.57 Å². The molecule has 0 aliphatic rings. The van der Waals surface area contributed by atoms with Crippen LogP contribution in [-0.2, 0) is 4.79 Å². The molecule has 0 unspecified atom stereocenters. The lowest BCUT2D eigenvalue weighted by Crippen LogP contribution is -2.32. The Hall–Kier alpha value is -4.12. The topological polar surface area (TPSA) is 84.1 Å². The van der Waals surface area contributed by atoms with Crippen LogP contribution in [0, 0.1) is 11.3 Å². The van der Waals surface area contributed by atoms with E-state index in [1.54, 1.807) is 54.6 Å². The number of unbranched alkanes of at least 4 members (excludes halogenated alkanes) is 3. The molecule has 4 rings (SSSR count). The molecule has 198 valence electrons. The van der Waals surface area contributed by atoms with Crippen molar-refractivity contribution in [3.63, 3.8) is 0 Å². The number of carbonyl (C=O) groups is 1. The summed E-state index contributed by atoms with van der Waals surface area (Å²) in [5.74, 6) is 0.146. The minimum atomic E-state index is -0.627. The standard InChI is InChI=1S/C31H28ClN3O3S/c1-2-3-4-8-18-38-26-16-14-22(15-17-26)19-28-30(37)35(25-12-6-5-7-13-25)31(39-28)27(21-33)29(36)34-24-11-9-10-23(32)20-24/h5-7,9-17,19-20H,2-4,8,18H2,1H3,(H,34,36). The molecule has 0 aliphatic heterocycles. The highest BCUT2D eigenvalue weighted by molar-refractivity contribution is 7.07. The second-order valence-corrected chi connectivity index (χ2v) is 10.3. The van der Waals surface area contributed by atoms with Crippen molar-refractivity contribution in [1.29, 1.82) is 5.26 Å². The van der Waals surface area contributed by atoms with Crippen molar-refractivity contribution >= 4 is 46.2 Å². The van der Waals surface area contributed by atoms with Crippen LogP contribution in [0.3, 0.4) is 0 Å². The number of nitriles is 1. The number of halogens is 1. The van der Waals surface area contributed by atoms with Gasteiger partial charge in [0.25, 0.3) is 11.5 Å². The summed E-state index contributed by atoms with van der Waals surface area (Å²) in [6, 6.07) is 25.1. The predicted octanol–water partition coefficient (Wildman–Crippen LogP) is 5.65. The SMILES string of the molecule is CCCCCCOc1ccc(C=c2sc(=C(C#N)C(=O)Nc3cccc(Cl)c3)n(-c3ccccc3)c2=O)cc1. The minimum Gasteiger partial charge on any atom is -0.494 e. The van der Waals surface area contributed by atoms with Crippen LogP contribution in [0.5, 0.6) is 5.75 Å². The summed E-state index contributed by atoms with van der Waals surface area (Å²) in [5, 5.41) is 13.1. The third-order valence-electron chi connectivity index (χ3n) is 5.92. The molecule has 1 heterocycles. The van der Waals surface area contributed by atoms with E-state index < -0.39 is 5.91 Å². The number of anilines is 1. The molecule has 8 heteroatoms. The number of amides is 1. The average molecular weight is 558 g/mol. The summed E-state index contributed by atoms with van der Waals surface area (Å²) >= 11 is 7.13. The first-order valence-corrected chi connectivity index (χ1v) is 13.9. The van der Waals surface area contributed by atoms with Gasteiger partial charge in [-0.2, -0.15) is 5.26 Å². The maximum absolute atomic E-state index is 13.6. The van der Waals surface area contributed by atoms with E-state index in [9.17, 15) is 14.9 Å². The van der Waals surface area contributed by atoms with Crippen LogP contribution in [0.15, 0.2) is 83.7 Å². The first-order chi connectivity index (χ1) is 19.0. The van der Waals surface area contributed by atoms with Gasteiger partial charge in [0.15, 0.2) is 5.57 Å². The van der Waals surface area contributed by atoms with Crippen molar-refractivity contribution in [3.05, 3.63) is 109 Å². The quantitative estimate of drug-likeness (QED) is 0.255. The molecule has 0 fully saturated rings. The summed E-state index contributed by atoms with van der Waals surface area (Å²) in [6.45, 7) is 2.85. The van der Waals surface area contributed by atoms with Gasteiger partial charge >= 0.3 is 0 Å². The zero-order valence-electron chi connectivity index (χ0n) is 21.5. The van der Waals surface area contributed by atoms with Crippen molar-refractivity contribution in [3.8, 4) is 17.5 Å². The number of ether oxygens (including phenoxy) is 1. The van der Waals surface area contributed by atoms with Crippen molar-refractivity contribution in [2.24, 2.45) is 0 Å². The van der Waals surface area contributed by atoms with Crippen LogP contribution in [0.4, 0.5) is 5.69 Å². The summed E-state index contributed by atoms with van der Waals surface area (Å²) in [5.41, 5.74) is 1.32. The maximum atomic E-state index is 13.6. The van der Waals surface area contributed by atoms with Crippen LogP contribution in [0.25, 0.3) is 17.3 Å². The van der Waals surface area contributed by atoms with E-state index in [4.69, 9.17) is 16.3 Å². The van der Waals surface area contributed by atoms with Crippen molar-refractivity contribution in [2.45, 2.75) is 32.6 Å². The lowest BCUT2D eigenvalue weighted by atomic mass is 10.2. The minimum absolute atomic E-state index is 0.174. The Morgan fingerprint density at radius 1 is 1.05 bits per heavy atom. The van der Waals surface area contributed by atoms with Crippen LogP contribution < -0.4 is 24.8 Å². The predicted molar refractivity (Wildman–Crippen MR) is 158 cm³/mol. The van der Waals surface area contributed by atoms with E-state index in [0.29, 0.717) is 27.5 Å². The van der Waals surface area contributed by atoms with Gasteiger partial charge in [0.2, 0.25) is 0 Å². The Labute approximate surface area is 236 Å². The monoisotopic (exact) mass is 557 g/mol. The number of aromatic nitrogens is 1. The van der Waals surface area contributed by atoms with Gasteiger partial charge in [0.05, 0.1) is 16.8 Å². The maximum Gasteiger partial charge on any atom is 0.273 e. The molecular weight excluding hydrogens is 530 g/mol. The van der Waals surface area contributed by atoms with Gasteiger partial charge in [-0.15, -0.1) is 11.3 Å². The number of nitrogens with zero attached hydrogens (tertiary/aromatic N) is 2. The molecule has 0 aliphatic carbocycles. The molecule has 0 atom stereocenters. The third kappa shape index (κ3) is 7.26. The molecule has 0 bridgehead atoms. The first-order valence-electron chi connectivity index (χ1n) is 12.7. The van der Waals surface area contributed by atoms with Crippen LogP contribution in [-0.4, -0.2) is 17.1 Å². The molecule has 0 saturated carbocycles. The van der Waals surface area contributed by atoms with Crippen molar-refractivity contribution in [2.75, 3.05) is 11.9 Å². The summed E-state index contributed by atoms with van der Waals surface area (Å²) < 4.78 is 7.86. The lowest BCUT2D eigenvalue weighted by molar-refractivity contribution is -0.111.